The average molecular weight is 343 g/mol. The first-order valence-electron chi connectivity index (χ1n) is 7.40. The van der Waals surface area contributed by atoms with Crippen LogP contribution in [0.1, 0.15) is 19.8 Å². The van der Waals surface area contributed by atoms with Crippen molar-refractivity contribution in [1.29, 1.82) is 0 Å². The van der Waals surface area contributed by atoms with Gasteiger partial charge in [0.2, 0.25) is 10.0 Å². The van der Waals surface area contributed by atoms with E-state index in [9.17, 15) is 18.5 Å². The summed E-state index contributed by atoms with van der Waals surface area (Å²) in [6.45, 7) is 3.12. The zero-order valence-electron chi connectivity index (χ0n) is 13.2. The SMILES string of the molecule is COCC(C)Nc1ccc(S(=O)(=O)N2CCCC2)cc1[N+](=O)[O-]. The standard InChI is InChI=1S/C14H21N3O5S/c1-11(10-22-2)15-13-6-5-12(9-14(13)17(18)19)23(20,21)16-7-3-4-8-16/h5-6,9,11,15H,3-4,7-8,10H2,1-2H3. The van der Waals surface area contributed by atoms with E-state index in [1.54, 1.807) is 0 Å². The third-order valence-electron chi connectivity index (χ3n) is 3.69. The molecule has 23 heavy (non-hydrogen) atoms. The predicted molar refractivity (Wildman–Crippen MR) is 86.0 cm³/mol. The number of nitro groups is 1. The maximum absolute atomic E-state index is 12.5. The Morgan fingerprint density at radius 2 is 2.04 bits per heavy atom. The minimum Gasteiger partial charge on any atom is -0.383 e. The fourth-order valence-electron chi connectivity index (χ4n) is 2.58. The van der Waals surface area contributed by atoms with Crippen LogP contribution in [0.2, 0.25) is 0 Å². The van der Waals surface area contributed by atoms with Gasteiger partial charge in [0.05, 0.1) is 16.4 Å². The number of sulfonamides is 1. The summed E-state index contributed by atoms with van der Waals surface area (Å²) >= 11 is 0. The molecule has 1 N–H and O–H groups in total. The van der Waals surface area contributed by atoms with Gasteiger partial charge in [-0.3, -0.25) is 10.1 Å². The number of hydrogen-bond donors (Lipinski definition) is 1. The van der Waals surface area contributed by atoms with Crippen LogP contribution < -0.4 is 5.32 Å². The van der Waals surface area contributed by atoms with Crippen molar-refractivity contribution < 1.29 is 18.1 Å². The summed E-state index contributed by atoms with van der Waals surface area (Å²) in [6.07, 6.45) is 1.63. The smallest absolute Gasteiger partial charge is 0.293 e. The van der Waals surface area contributed by atoms with Gasteiger partial charge in [0.1, 0.15) is 5.69 Å². The lowest BCUT2D eigenvalue weighted by Gasteiger charge is -2.17. The summed E-state index contributed by atoms with van der Waals surface area (Å²) in [5.74, 6) is 0. The highest BCUT2D eigenvalue weighted by Crippen LogP contribution is 2.30. The topological polar surface area (TPSA) is 102 Å². The number of nitro benzene ring substituents is 1. The third kappa shape index (κ3) is 3.98. The minimum atomic E-state index is -3.67. The predicted octanol–water partition coefficient (Wildman–Crippen LogP) is 1.83. The summed E-state index contributed by atoms with van der Waals surface area (Å²) in [4.78, 5) is 10.7. The van der Waals surface area contributed by atoms with Gasteiger partial charge in [0.25, 0.3) is 5.69 Å². The highest BCUT2D eigenvalue weighted by molar-refractivity contribution is 7.89. The summed E-state index contributed by atoms with van der Waals surface area (Å²) in [7, 11) is -2.13. The summed E-state index contributed by atoms with van der Waals surface area (Å²) < 4.78 is 31.4. The molecule has 0 aromatic heterocycles. The molecule has 0 bridgehead atoms. The second kappa shape index (κ2) is 7.24. The van der Waals surface area contributed by atoms with Crippen LogP contribution in [0.3, 0.4) is 0 Å². The van der Waals surface area contributed by atoms with Crippen molar-refractivity contribution in [3.8, 4) is 0 Å². The molecule has 0 aliphatic carbocycles. The number of benzene rings is 1. The lowest BCUT2D eigenvalue weighted by Crippen LogP contribution is -2.28. The van der Waals surface area contributed by atoms with E-state index in [-0.39, 0.29) is 22.3 Å². The van der Waals surface area contributed by atoms with Gasteiger partial charge in [0, 0.05) is 32.3 Å². The lowest BCUT2D eigenvalue weighted by molar-refractivity contribution is -0.384. The van der Waals surface area contributed by atoms with Crippen molar-refractivity contribution >= 4 is 21.4 Å². The molecule has 8 nitrogen and oxygen atoms in total. The van der Waals surface area contributed by atoms with E-state index in [1.165, 1.54) is 23.5 Å². The van der Waals surface area contributed by atoms with Gasteiger partial charge < -0.3 is 10.1 Å². The highest BCUT2D eigenvalue weighted by atomic mass is 32.2. The third-order valence-corrected chi connectivity index (χ3v) is 5.58. The van der Waals surface area contributed by atoms with E-state index in [1.807, 2.05) is 6.92 Å². The van der Waals surface area contributed by atoms with Crippen molar-refractivity contribution in [3.63, 3.8) is 0 Å². The van der Waals surface area contributed by atoms with Crippen LogP contribution >= 0.6 is 0 Å². The lowest BCUT2D eigenvalue weighted by atomic mass is 10.2. The molecular formula is C14H21N3O5S. The van der Waals surface area contributed by atoms with Crippen LogP contribution in [-0.2, 0) is 14.8 Å². The molecule has 0 saturated carbocycles. The number of methoxy groups -OCH3 is 1. The normalized spacial score (nSPS) is 17.1. The fourth-order valence-corrected chi connectivity index (χ4v) is 4.12. The first kappa shape index (κ1) is 17.6. The van der Waals surface area contributed by atoms with Gasteiger partial charge in [0.15, 0.2) is 0 Å². The van der Waals surface area contributed by atoms with Crippen molar-refractivity contribution in [3.05, 3.63) is 28.3 Å². The van der Waals surface area contributed by atoms with Crippen molar-refractivity contribution in [1.82, 2.24) is 4.31 Å². The maximum Gasteiger partial charge on any atom is 0.293 e. The quantitative estimate of drug-likeness (QED) is 0.598. The van der Waals surface area contributed by atoms with Crippen LogP contribution in [-0.4, -0.2) is 50.5 Å². The molecule has 1 aliphatic heterocycles. The second-order valence-electron chi connectivity index (χ2n) is 5.55. The van der Waals surface area contributed by atoms with Gasteiger partial charge in [-0.15, -0.1) is 0 Å². The van der Waals surface area contributed by atoms with E-state index in [4.69, 9.17) is 4.74 Å². The molecule has 0 spiro atoms. The first-order chi connectivity index (χ1) is 10.9. The molecule has 0 amide bonds. The Morgan fingerprint density at radius 1 is 1.39 bits per heavy atom. The number of nitrogens with one attached hydrogen (secondary N) is 1. The second-order valence-corrected chi connectivity index (χ2v) is 7.49. The van der Waals surface area contributed by atoms with E-state index in [2.05, 4.69) is 5.32 Å². The number of ether oxygens (including phenoxy) is 1. The van der Waals surface area contributed by atoms with Crippen LogP contribution in [0.5, 0.6) is 0 Å². The van der Waals surface area contributed by atoms with Gasteiger partial charge in [-0.25, -0.2) is 8.42 Å². The van der Waals surface area contributed by atoms with E-state index in [0.29, 0.717) is 19.7 Å². The molecule has 1 aromatic carbocycles. The Hall–Kier alpha value is -1.71. The van der Waals surface area contributed by atoms with Gasteiger partial charge in [-0.2, -0.15) is 4.31 Å². The largest absolute Gasteiger partial charge is 0.383 e. The Balaban J connectivity index is 2.34. The Labute approximate surface area is 135 Å². The average Bonchev–Trinajstić information content (AvgIpc) is 3.02. The van der Waals surface area contributed by atoms with Crippen molar-refractivity contribution in [2.24, 2.45) is 0 Å². The Bertz CT molecular complexity index is 671. The summed E-state index contributed by atoms with van der Waals surface area (Å²) in [6, 6.07) is 3.82. The van der Waals surface area contributed by atoms with Gasteiger partial charge >= 0.3 is 0 Å². The van der Waals surface area contributed by atoms with E-state index in [0.717, 1.165) is 18.9 Å². The molecular weight excluding hydrogens is 322 g/mol. The van der Waals surface area contributed by atoms with E-state index >= 15 is 0 Å². The summed E-state index contributed by atoms with van der Waals surface area (Å²) in [5, 5.41) is 14.3. The number of anilines is 1. The monoisotopic (exact) mass is 343 g/mol. The molecule has 1 fully saturated rings. The minimum absolute atomic E-state index is 0.0453. The number of hydrogen-bond acceptors (Lipinski definition) is 6. The van der Waals surface area contributed by atoms with Crippen LogP contribution in [0.25, 0.3) is 0 Å². The van der Waals surface area contributed by atoms with Gasteiger partial charge in [-0.1, -0.05) is 0 Å². The zero-order chi connectivity index (χ0) is 17.0. The molecule has 128 valence electrons. The van der Waals surface area contributed by atoms with Crippen molar-refractivity contribution in [2.45, 2.75) is 30.7 Å². The zero-order valence-corrected chi connectivity index (χ0v) is 14.0. The van der Waals surface area contributed by atoms with E-state index < -0.39 is 14.9 Å². The first-order valence-corrected chi connectivity index (χ1v) is 8.84. The number of nitrogens with zero attached hydrogens (tertiary/aromatic N) is 2. The highest BCUT2D eigenvalue weighted by Gasteiger charge is 2.29. The number of rotatable bonds is 7. The van der Waals surface area contributed by atoms with Crippen LogP contribution in [0.15, 0.2) is 23.1 Å². The molecule has 2 rings (SSSR count). The molecule has 0 radical (unpaired) electrons. The molecule has 9 heteroatoms. The maximum atomic E-state index is 12.5. The van der Waals surface area contributed by atoms with Crippen LogP contribution in [0, 0.1) is 10.1 Å². The van der Waals surface area contributed by atoms with Crippen LogP contribution in [0.4, 0.5) is 11.4 Å². The Kier molecular flexibility index (Phi) is 5.55. The molecule has 1 atom stereocenters. The Morgan fingerprint density at radius 3 is 2.61 bits per heavy atom. The van der Waals surface area contributed by atoms with Crippen molar-refractivity contribution in [2.75, 3.05) is 32.1 Å². The van der Waals surface area contributed by atoms with Gasteiger partial charge in [-0.05, 0) is 31.9 Å². The molecule has 1 unspecified atom stereocenters. The summed E-state index contributed by atoms with van der Waals surface area (Å²) in [5.41, 5.74) is 0.0214. The molecule has 1 aromatic rings. The molecule has 1 saturated heterocycles. The molecule has 1 aliphatic rings. The molecule has 1 heterocycles. The fraction of sp³-hybridized carbons (Fsp3) is 0.571.